The molecule has 2 atom stereocenters. The zero-order valence-corrected chi connectivity index (χ0v) is 12.6. The largest absolute Gasteiger partial charge is 0.491 e. The molecular formula is C16H24N2O2. The summed E-state index contributed by atoms with van der Waals surface area (Å²) in [7, 11) is 2.15. The number of ether oxygens (including phenoxy) is 1. The number of aryl methyl sites for hydroxylation is 2. The number of nitrogens with zero attached hydrogens (tertiary/aromatic N) is 2. The van der Waals surface area contributed by atoms with E-state index in [1.807, 2.05) is 6.07 Å². The maximum atomic E-state index is 10.7. The highest BCUT2D eigenvalue weighted by atomic mass is 16.5. The number of hydrogen-bond donors (Lipinski definition) is 1. The summed E-state index contributed by atoms with van der Waals surface area (Å²) < 4.78 is 5.91. The van der Waals surface area contributed by atoms with E-state index in [2.05, 4.69) is 36.8 Å². The summed E-state index contributed by atoms with van der Waals surface area (Å²) in [5.41, 5.74) is 3.38. The Hall–Kier alpha value is -1.10. The average Bonchev–Trinajstić information content (AvgIpc) is 2.43. The van der Waals surface area contributed by atoms with Crippen molar-refractivity contribution in [2.75, 3.05) is 39.8 Å². The van der Waals surface area contributed by atoms with Crippen LogP contribution in [-0.4, -0.2) is 60.8 Å². The third kappa shape index (κ3) is 2.43. The van der Waals surface area contributed by atoms with Crippen LogP contribution in [0, 0.1) is 13.8 Å². The van der Waals surface area contributed by atoms with Crippen molar-refractivity contribution in [1.29, 1.82) is 0 Å². The van der Waals surface area contributed by atoms with Gasteiger partial charge in [-0.05, 0) is 44.2 Å². The van der Waals surface area contributed by atoms with Crippen molar-refractivity contribution in [3.8, 4) is 5.75 Å². The molecule has 20 heavy (non-hydrogen) atoms. The van der Waals surface area contributed by atoms with E-state index in [1.165, 1.54) is 11.1 Å². The van der Waals surface area contributed by atoms with Crippen LogP contribution in [0.1, 0.15) is 22.8 Å². The fourth-order valence-electron chi connectivity index (χ4n) is 3.10. The Bertz CT molecular complexity index is 495. The van der Waals surface area contributed by atoms with Gasteiger partial charge in [0, 0.05) is 31.7 Å². The molecule has 1 aromatic carbocycles. The lowest BCUT2D eigenvalue weighted by atomic mass is 9.94. The molecule has 1 aromatic rings. The van der Waals surface area contributed by atoms with Crippen LogP contribution in [0.3, 0.4) is 0 Å². The molecule has 1 fully saturated rings. The fourth-order valence-corrected chi connectivity index (χ4v) is 3.10. The van der Waals surface area contributed by atoms with E-state index in [0.29, 0.717) is 6.61 Å². The molecule has 0 spiro atoms. The predicted molar refractivity (Wildman–Crippen MR) is 79.2 cm³/mol. The molecule has 3 rings (SSSR count). The molecule has 2 aliphatic rings. The number of aliphatic hydroxyl groups is 1. The first-order valence-corrected chi connectivity index (χ1v) is 7.41. The van der Waals surface area contributed by atoms with Gasteiger partial charge in [-0.2, -0.15) is 0 Å². The second kappa shape index (κ2) is 5.35. The highest BCUT2D eigenvalue weighted by molar-refractivity contribution is 5.44. The van der Waals surface area contributed by atoms with Gasteiger partial charge in [0.1, 0.15) is 18.5 Å². The van der Waals surface area contributed by atoms with Crippen molar-refractivity contribution in [2.24, 2.45) is 0 Å². The van der Waals surface area contributed by atoms with Gasteiger partial charge in [0.05, 0.1) is 6.04 Å². The summed E-state index contributed by atoms with van der Waals surface area (Å²) in [4.78, 5) is 4.69. The fraction of sp³-hybridized carbons (Fsp3) is 0.625. The monoisotopic (exact) mass is 276 g/mol. The van der Waals surface area contributed by atoms with Crippen molar-refractivity contribution < 1.29 is 9.84 Å². The van der Waals surface area contributed by atoms with Gasteiger partial charge in [-0.1, -0.05) is 0 Å². The molecule has 2 unspecified atom stereocenters. The standard InChI is InChI=1S/C16H24N2O2/c1-11-8-13-15(9-12(11)2)20-10-14(16(13)19)18-6-4-17(3)5-7-18/h8-9,14,16,19H,4-7,10H2,1-3H3. The van der Waals surface area contributed by atoms with Crippen LogP contribution >= 0.6 is 0 Å². The normalized spacial score (nSPS) is 28.0. The second-order valence-corrected chi connectivity index (χ2v) is 6.14. The van der Waals surface area contributed by atoms with Crippen LogP contribution in [0.5, 0.6) is 5.75 Å². The number of benzene rings is 1. The lowest BCUT2D eigenvalue weighted by Crippen LogP contribution is -2.53. The van der Waals surface area contributed by atoms with Crippen LogP contribution in [0.4, 0.5) is 0 Å². The number of piperazine rings is 1. The van der Waals surface area contributed by atoms with E-state index < -0.39 is 6.10 Å². The Morgan fingerprint density at radius 1 is 1.10 bits per heavy atom. The Kier molecular flexibility index (Phi) is 3.71. The van der Waals surface area contributed by atoms with Crippen molar-refractivity contribution in [2.45, 2.75) is 26.0 Å². The molecule has 0 aromatic heterocycles. The SMILES string of the molecule is Cc1cc2c(cc1C)C(O)C(N1CCN(C)CC1)CO2. The van der Waals surface area contributed by atoms with Gasteiger partial charge in [0.15, 0.2) is 0 Å². The van der Waals surface area contributed by atoms with Crippen LogP contribution in [0.2, 0.25) is 0 Å². The molecule has 0 bridgehead atoms. The van der Waals surface area contributed by atoms with Crippen molar-refractivity contribution >= 4 is 0 Å². The molecule has 2 aliphatic heterocycles. The van der Waals surface area contributed by atoms with Gasteiger partial charge in [-0.15, -0.1) is 0 Å². The summed E-state index contributed by atoms with van der Waals surface area (Å²) >= 11 is 0. The molecule has 4 nitrogen and oxygen atoms in total. The molecule has 1 N–H and O–H groups in total. The Labute approximate surface area is 120 Å². The van der Waals surface area contributed by atoms with Gasteiger partial charge < -0.3 is 14.7 Å². The zero-order valence-electron chi connectivity index (χ0n) is 12.6. The third-order valence-electron chi connectivity index (χ3n) is 4.73. The minimum absolute atomic E-state index is 0.0818. The van der Waals surface area contributed by atoms with Gasteiger partial charge in [0.25, 0.3) is 0 Å². The van der Waals surface area contributed by atoms with Gasteiger partial charge in [-0.25, -0.2) is 0 Å². The minimum Gasteiger partial charge on any atom is -0.491 e. The molecule has 0 aliphatic carbocycles. The smallest absolute Gasteiger partial charge is 0.125 e. The summed E-state index contributed by atoms with van der Waals surface area (Å²) in [5, 5.41) is 10.7. The number of hydrogen-bond acceptors (Lipinski definition) is 4. The number of rotatable bonds is 1. The van der Waals surface area contributed by atoms with E-state index >= 15 is 0 Å². The van der Waals surface area contributed by atoms with E-state index in [4.69, 9.17) is 4.74 Å². The maximum absolute atomic E-state index is 10.7. The van der Waals surface area contributed by atoms with Crippen LogP contribution in [0.15, 0.2) is 12.1 Å². The van der Waals surface area contributed by atoms with E-state index in [1.54, 1.807) is 0 Å². The first-order valence-electron chi connectivity index (χ1n) is 7.41. The molecule has 1 saturated heterocycles. The quantitative estimate of drug-likeness (QED) is 0.840. The Balaban J connectivity index is 1.81. The highest BCUT2D eigenvalue weighted by Gasteiger charge is 2.35. The topological polar surface area (TPSA) is 35.9 Å². The van der Waals surface area contributed by atoms with Crippen LogP contribution in [-0.2, 0) is 0 Å². The van der Waals surface area contributed by atoms with Crippen molar-refractivity contribution in [1.82, 2.24) is 9.80 Å². The lowest BCUT2D eigenvalue weighted by molar-refractivity contribution is -0.0141. The van der Waals surface area contributed by atoms with Crippen LogP contribution < -0.4 is 4.74 Å². The first-order chi connectivity index (χ1) is 9.56. The van der Waals surface area contributed by atoms with Gasteiger partial charge in [0.2, 0.25) is 0 Å². The summed E-state index contributed by atoms with van der Waals surface area (Å²) in [6, 6.07) is 4.21. The van der Waals surface area contributed by atoms with Gasteiger partial charge in [-0.3, -0.25) is 4.90 Å². The molecule has 2 heterocycles. The van der Waals surface area contributed by atoms with E-state index in [9.17, 15) is 5.11 Å². The van der Waals surface area contributed by atoms with Gasteiger partial charge >= 0.3 is 0 Å². The zero-order chi connectivity index (χ0) is 14.3. The van der Waals surface area contributed by atoms with Crippen molar-refractivity contribution in [3.63, 3.8) is 0 Å². The lowest BCUT2D eigenvalue weighted by Gasteiger charge is -2.42. The molecule has 0 saturated carbocycles. The van der Waals surface area contributed by atoms with Crippen LogP contribution in [0.25, 0.3) is 0 Å². The first kappa shape index (κ1) is 13.9. The predicted octanol–water partition coefficient (Wildman–Crippen LogP) is 1.35. The minimum atomic E-state index is -0.443. The van der Waals surface area contributed by atoms with E-state index in [0.717, 1.165) is 37.5 Å². The summed E-state index contributed by atoms with van der Waals surface area (Å²) in [6.45, 7) is 8.87. The molecule has 110 valence electrons. The summed E-state index contributed by atoms with van der Waals surface area (Å²) in [5.74, 6) is 0.853. The average molecular weight is 276 g/mol. The van der Waals surface area contributed by atoms with E-state index in [-0.39, 0.29) is 6.04 Å². The highest BCUT2D eigenvalue weighted by Crippen LogP contribution is 2.36. The molecular weight excluding hydrogens is 252 g/mol. The van der Waals surface area contributed by atoms with Crippen molar-refractivity contribution in [3.05, 3.63) is 28.8 Å². The second-order valence-electron chi connectivity index (χ2n) is 6.14. The molecule has 4 heteroatoms. The Morgan fingerprint density at radius 2 is 1.75 bits per heavy atom. The number of aliphatic hydroxyl groups excluding tert-OH is 1. The third-order valence-corrected chi connectivity index (χ3v) is 4.73. The maximum Gasteiger partial charge on any atom is 0.125 e. The Morgan fingerprint density at radius 3 is 2.45 bits per heavy atom. The number of fused-ring (bicyclic) bond motifs is 1. The molecule has 0 amide bonds. The summed E-state index contributed by atoms with van der Waals surface area (Å²) in [6.07, 6.45) is -0.443. The number of likely N-dealkylation sites (N-methyl/N-ethyl adjacent to an activating group) is 1. The molecule has 0 radical (unpaired) electrons.